The number of nitrogens with one attached hydrogen (secondary N) is 1. The minimum absolute atomic E-state index is 0.155. The molecule has 1 aliphatic rings. The van der Waals surface area contributed by atoms with E-state index in [2.05, 4.69) is 5.32 Å². The Kier molecular flexibility index (Phi) is 4.17. The molecule has 1 rings (SSSR count). The van der Waals surface area contributed by atoms with Gasteiger partial charge in [0.2, 0.25) is 0 Å². The van der Waals surface area contributed by atoms with Crippen LogP contribution in [0, 0.1) is 5.41 Å². The third kappa shape index (κ3) is 5.71. The third-order valence-corrected chi connectivity index (χ3v) is 2.97. The van der Waals surface area contributed by atoms with Crippen LogP contribution in [0.4, 0.5) is 4.79 Å². The maximum atomic E-state index is 11.5. The van der Waals surface area contributed by atoms with Gasteiger partial charge in [-0.15, -0.1) is 0 Å². The Morgan fingerprint density at radius 2 is 1.88 bits per heavy atom. The highest BCUT2D eigenvalue weighted by molar-refractivity contribution is 5.75. The summed E-state index contributed by atoms with van der Waals surface area (Å²) in [5, 5.41) is 2.79. The molecule has 0 aliphatic heterocycles. The second-order valence-electron chi connectivity index (χ2n) is 6.06. The minimum Gasteiger partial charge on any atom is -0.444 e. The number of Topliss-reactive ketones (excluding diaryl/α,β-unsaturated/α-hetero) is 1. The van der Waals surface area contributed by atoms with E-state index in [1.807, 2.05) is 20.8 Å². The highest BCUT2D eigenvalue weighted by Crippen LogP contribution is 2.49. The average Bonchev–Trinajstić information content (AvgIpc) is 2.90. The van der Waals surface area contributed by atoms with Crippen LogP contribution in [0.25, 0.3) is 0 Å². The van der Waals surface area contributed by atoms with E-state index >= 15 is 0 Å². The van der Waals surface area contributed by atoms with Crippen molar-refractivity contribution in [3.8, 4) is 0 Å². The molecule has 0 aromatic carbocycles. The number of hydrogen-bond acceptors (Lipinski definition) is 3. The van der Waals surface area contributed by atoms with Gasteiger partial charge in [-0.2, -0.15) is 0 Å². The zero-order valence-electron chi connectivity index (χ0n) is 11.3. The second kappa shape index (κ2) is 5.07. The average molecular weight is 241 g/mol. The van der Waals surface area contributed by atoms with Crippen LogP contribution in [-0.2, 0) is 9.53 Å². The van der Waals surface area contributed by atoms with Gasteiger partial charge in [0.1, 0.15) is 11.4 Å². The number of ether oxygens (including phenoxy) is 1. The lowest BCUT2D eigenvalue weighted by molar-refractivity contribution is -0.117. The molecule has 0 aromatic rings. The maximum absolute atomic E-state index is 11.5. The molecule has 4 nitrogen and oxygen atoms in total. The molecule has 0 bridgehead atoms. The van der Waals surface area contributed by atoms with E-state index in [0.717, 1.165) is 19.3 Å². The van der Waals surface area contributed by atoms with Crippen LogP contribution < -0.4 is 5.32 Å². The number of hydrogen-bond donors (Lipinski definition) is 1. The molecule has 1 N–H and O–H groups in total. The smallest absolute Gasteiger partial charge is 0.407 e. The van der Waals surface area contributed by atoms with Gasteiger partial charge in [0.15, 0.2) is 0 Å². The fourth-order valence-electron chi connectivity index (χ4n) is 1.71. The Hall–Kier alpha value is -1.06. The first-order valence-corrected chi connectivity index (χ1v) is 6.19. The Morgan fingerprint density at radius 1 is 1.29 bits per heavy atom. The zero-order valence-corrected chi connectivity index (χ0v) is 11.3. The van der Waals surface area contributed by atoms with Crippen molar-refractivity contribution >= 4 is 11.9 Å². The van der Waals surface area contributed by atoms with Crippen LogP contribution in [0.3, 0.4) is 0 Å². The summed E-state index contributed by atoms with van der Waals surface area (Å²) >= 11 is 0. The molecular weight excluding hydrogens is 218 g/mol. The Bertz CT molecular complexity index is 300. The molecule has 0 radical (unpaired) electrons. The van der Waals surface area contributed by atoms with Crippen molar-refractivity contribution < 1.29 is 14.3 Å². The number of carbonyl (C=O) groups excluding carboxylic acids is 2. The quantitative estimate of drug-likeness (QED) is 0.805. The van der Waals surface area contributed by atoms with E-state index in [1.165, 1.54) is 0 Å². The van der Waals surface area contributed by atoms with Crippen molar-refractivity contribution in [2.45, 2.75) is 59.0 Å². The van der Waals surface area contributed by atoms with Gasteiger partial charge in [0.05, 0.1) is 0 Å². The predicted molar refractivity (Wildman–Crippen MR) is 65.8 cm³/mol. The summed E-state index contributed by atoms with van der Waals surface area (Å²) in [6, 6.07) is 0. The monoisotopic (exact) mass is 241 g/mol. The highest BCUT2D eigenvalue weighted by atomic mass is 16.6. The molecule has 4 heteroatoms. The molecule has 1 amide bonds. The maximum Gasteiger partial charge on any atom is 0.407 e. The molecule has 1 saturated carbocycles. The highest BCUT2D eigenvalue weighted by Gasteiger charge is 2.42. The van der Waals surface area contributed by atoms with E-state index in [1.54, 1.807) is 6.92 Å². The van der Waals surface area contributed by atoms with Gasteiger partial charge in [0.25, 0.3) is 0 Å². The van der Waals surface area contributed by atoms with Crippen molar-refractivity contribution in [2.75, 3.05) is 6.54 Å². The number of rotatable bonds is 5. The first-order chi connectivity index (χ1) is 7.72. The molecule has 0 spiro atoms. The summed E-state index contributed by atoms with van der Waals surface area (Å²) in [7, 11) is 0. The number of ketones is 1. The molecule has 1 fully saturated rings. The standard InChI is InChI=1S/C13H23NO3/c1-10(15)5-6-13(7-8-13)9-14-11(16)17-12(2,3)4/h5-9H2,1-4H3,(H,14,16). The summed E-state index contributed by atoms with van der Waals surface area (Å²) in [5.74, 6) is 0.216. The molecule has 0 heterocycles. The predicted octanol–water partition coefficient (Wildman–Crippen LogP) is 2.66. The zero-order chi connectivity index (χ0) is 13.1. The molecule has 17 heavy (non-hydrogen) atoms. The van der Waals surface area contributed by atoms with Gasteiger partial charge < -0.3 is 14.8 Å². The number of alkyl carbamates (subject to hydrolysis) is 1. The van der Waals surface area contributed by atoms with E-state index in [0.29, 0.717) is 13.0 Å². The van der Waals surface area contributed by atoms with E-state index in [4.69, 9.17) is 4.74 Å². The second-order valence-corrected chi connectivity index (χ2v) is 6.06. The molecule has 1 aliphatic carbocycles. The number of carbonyl (C=O) groups is 2. The van der Waals surface area contributed by atoms with Crippen LogP contribution in [0.1, 0.15) is 53.4 Å². The van der Waals surface area contributed by atoms with Crippen molar-refractivity contribution in [1.29, 1.82) is 0 Å². The van der Waals surface area contributed by atoms with Gasteiger partial charge in [-0.3, -0.25) is 0 Å². The lowest BCUT2D eigenvalue weighted by Crippen LogP contribution is -2.36. The Morgan fingerprint density at radius 3 is 2.29 bits per heavy atom. The molecule has 98 valence electrons. The van der Waals surface area contributed by atoms with Gasteiger partial charge in [-0.05, 0) is 52.4 Å². The summed E-state index contributed by atoms with van der Waals surface area (Å²) in [5.41, 5.74) is -0.303. The molecule has 0 aromatic heterocycles. The largest absolute Gasteiger partial charge is 0.444 e. The van der Waals surface area contributed by atoms with Crippen molar-refractivity contribution in [1.82, 2.24) is 5.32 Å². The van der Waals surface area contributed by atoms with Gasteiger partial charge in [0, 0.05) is 13.0 Å². The van der Waals surface area contributed by atoms with Gasteiger partial charge in [-0.1, -0.05) is 0 Å². The lowest BCUT2D eigenvalue weighted by atomic mass is 9.99. The van der Waals surface area contributed by atoms with E-state index in [9.17, 15) is 9.59 Å². The Balaban J connectivity index is 2.26. The molecule has 0 saturated heterocycles. The summed E-state index contributed by atoms with van der Waals surface area (Å²) in [6.07, 6.45) is 3.30. The SMILES string of the molecule is CC(=O)CCC1(CNC(=O)OC(C)(C)C)CC1. The van der Waals surface area contributed by atoms with Crippen LogP contribution in [0.15, 0.2) is 0 Å². The van der Waals surface area contributed by atoms with Gasteiger partial charge in [-0.25, -0.2) is 4.79 Å². The van der Waals surface area contributed by atoms with Crippen LogP contribution in [0.5, 0.6) is 0 Å². The first-order valence-electron chi connectivity index (χ1n) is 6.19. The summed E-state index contributed by atoms with van der Waals surface area (Å²) in [4.78, 5) is 22.4. The molecule has 0 atom stereocenters. The van der Waals surface area contributed by atoms with E-state index in [-0.39, 0.29) is 17.3 Å². The van der Waals surface area contributed by atoms with Crippen molar-refractivity contribution in [3.63, 3.8) is 0 Å². The molecular formula is C13H23NO3. The normalized spacial score (nSPS) is 17.4. The van der Waals surface area contributed by atoms with Crippen molar-refractivity contribution in [3.05, 3.63) is 0 Å². The minimum atomic E-state index is -0.458. The topological polar surface area (TPSA) is 55.4 Å². The first kappa shape index (κ1) is 14.0. The van der Waals surface area contributed by atoms with Gasteiger partial charge >= 0.3 is 6.09 Å². The molecule has 0 unspecified atom stereocenters. The summed E-state index contributed by atoms with van der Waals surface area (Å²) < 4.78 is 5.17. The van der Waals surface area contributed by atoms with Crippen molar-refractivity contribution in [2.24, 2.45) is 5.41 Å². The number of amides is 1. The fraction of sp³-hybridized carbons (Fsp3) is 0.846. The van der Waals surface area contributed by atoms with Crippen LogP contribution >= 0.6 is 0 Å². The fourth-order valence-corrected chi connectivity index (χ4v) is 1.71. The van der Waals surface area contributed by atoms with Crippen LogP contribution in [0.2, 0.25) is 0 Å². The van der Waals surface area contributed by atoms with E-state index < -0.39 is 5.60 Å². The summed E-state index contributed by atoms with van der Waals surface area (Å²) in [6.45, 7) is 7.76. The van der Waals surface area contributed by atoms with Crippen LogP contribution in [-0.4, -0.2) is 24.0 Å². The third-order valence-electron chi connectivity index (χ3n) is 2.97. The Labute approximate surface area is 103 Å². The lowest BCUT2D eigenvalue weighted by Gasteiger charge is -2.21.